The van der Waals surface area contributed by atoms with Gasteiger partial charge in [0.15, 0.2) is 0 Å². The van der Waals surface area contributed by atoms with Crippen LogP contribution in [-0.2, 0) is 11.3 Å². The number of aromatic nitrogens is 1. The molecule has 0 spiro atoms. The first-order valence-electron chi connectivity index (χ1n) is 7.53. The molecule has 2 heterocycles. The van der Waals surface area contributed by atoms with E-state index in [0.717, 1.165) is 38.4 Å². The zero-order valence-corrected chi connectivity index (χ0v) is 12.5. The SMILES string of the molecule is CCNC(=O)NCCC1CN(Cc2ccccn2)CCO1. The van der Waals surface area contributed by atoms with Crippen LogP contribution < -0.4 is 10.6 Å². The minimum Gasteiger partial charge on any atom is -0.375 e. The first kappa shape index (κ1) is 15.7. The Morgan fingerprint density at radius 3 is 3.14 bits per heavy atom. The molecule has 6 nitrogen and oxygen atoms in total. The molecular weight excluding hydrogens is 268 g/mol. The molecule has 1 aliphatic heterocycles. The Morgan fingerprint density at radius 1 is 1.48 bits per heavy atom. The Balaban J connectivity index is 1.69. The lowest BCUT2D eigenvalue weighted by molar-refractivity contribution is -0.0344. The summed E-state index contributed by atoms with van der Waals surface area (Å²) in [6, 6.07) is 5.87. The highest BCUT2D eigenvalue weighted by atomic mass is 16.5. The molecule has 0 aliphatic carbocycles. The number of nitrogens with one attached hydrogen (secondary N) is 2. The summed E-state index contributed by atoms with van der Waals surface area (Å²) in [5.41, 5.74) is 1.08. The maximum Gasteiger partial charge on any atom is 0.314 e. The van der Waals surface area contributed by atoms with Gasteiger partial charge in [-0.25, -0.2) is 4.79 Å². The van der Waals surface area contributed by atoms with Gasteiger partial charge in [-0.15, -0.1) is 0 Å². The molecule has 21 heavy (non-hydrogen) atoms. The van der Waals surface area contributed by atoms with E-state index in [-0.39, 0.29) is 12.1 Å². The largest absolute Gasteiger partial charge is 0.375 e. The van der Waals surface area contributed by atoms with Gasteiger partial charge in [-0.05, 0) is 25.5 Å². The number of amides is 2. The molecule has 1 unspecified atom stereocenters. The van der Waals surface area contributed by atoms with Crippen molar-refractivity contribution in [2.24, 2.45) is 0 Å². The number of rotatable bonds is 6. The molecule has 0 radical (unpaired) electrons. The zero-order valence-electron chi connectivity index (χ0n) is 12.5. The number of hydrogen-bond donors (Lipinski definition) is 2. The molecule has 1 aliphatic rings. The summed E-state index contributed by atoms with van der Waals surface area (Å²) in [4.78, 5) is 18.0. The van der Waals surface area contributed by atoms with E-state index in [9.17, 15) is 4.79 Å². The van der Waals surface area contributed by atoms with E-state index in [4.69, 9.17) is 4.74 Å². The molecule has 2 rings (SSSR count). The molecule has 1 saturated heterocycles. The van der Waals surface area contributed by atoms with E-state index in [1.54, 1.807) is 0 Å². The average Bonchev–Trinajstić information content (AvgIpc) is 2.49. The van der Waals surface area contributed by atoms with Gasteiger partial charge in [0.2, 0.25) is 0 Å². The second-order valence-electron chi connectivity index (χ2n) is 5.12. The van der Waals surface area contributed by atoms with Gasteiger partial charge in [0, 0.05) is 38.9 Å². The van der Waals surface area contributed by atoms with Gasteiger partial charge < -0.3 is 15.4 Å². The van der Waals surface area contributed by atoms with Crippen molar-refractivity contribution in [3.63, 3.8) is 0 Å². The molecule has 0 bridgehead atoms. The Bertz CT molecular complexity index is 427. The van der Waals surface area contributed by atoms with E-state index in [1.807, 2.05) is 31.3 Å². The van der Waals surface area contributed by atoms with Crippen molar-refractivity contribution in [3.8, 4) is 0 Å². The monoisotopic (exact) mass is 292 g/mol. The van der Waals surface area contributed by atoms with Gasteiger partial charge >= 0.3 is 6.03 Å². The van der Waals surface area contributed by atoms with Gasteiger partial charge in [0.1, 0.15) is 0 Å². The molecule has 1 fully saturated rings. The highest BCUT2D eigenvalue weighted by molar-refractivity contribution is 5.73. The third kappa shape index (κ3) is 5.69. The van der Waals surface area contributed by atoms with Crippen LogP contribution in [0.5, 0.6) is 0 Å². The van der Waals surface area contributed by atoms with Gasteiger partial charge in [-0.3, -0.25) is 9.88 Å². The van der Waals surface area contributed by atoms with E-state index >= 15 is 0 Å². The molecule has 1 aromatic rings. The summed E-state index contributed by atoms with van der Waals surface area (Å²) in [6.07, 6.45) is 2.82. The summed E-state index contributed by atoms with van der Waals surface area (Å²) < 4.78 is 5.75. The van der Waals surface area contributed by atoms with Crippen molar-refractivity contribution in [3.05, 3.63) is 30.1 Å². The van der Waals surface area contributed by atoms with Gasteiger partial charge in [0.05, 0.1) is 18.4 Å². The predicted molar refractivity (Wildman–Crippen MR) is 80.9 cm³/mol. The average molecular weight is 292 g/mol. The quantitative estimate of drug-likeness (QED) is 0.820. The lowest BCUT2D eigenvalue weighted by Crippen LogP contribution is -2.44. The van der Waals surface area contributed by atoms with Crippen molar-refractivity contribution in [2.45, 2.75) is 26.0 Å². The van der Waals surface area contributed by atoms with Crippen LogP contribution in [0.25, 0.3) is 0 Å². The number of pyridine rings is 1. The van der Waals surface area contributed by atoms with Crippen molar-refractivity contribution in [1.82, 2.24) is 20.5 Å². The molecule has 116 valence electrons. The summed E-state index contributed by atoms with van der Waals surface area (Å²) in [6.45, 7) is 6.57. The topological polar surface area (TPSA) is 66.5 Å². The standard InChI is InChI=1S/C15H24N4O2/c1-2-16-15(20)18-8-6-14-12-19(9-10-21-14)11-13-5-3-4-7-17-13/h3-5,7,14H,2,6,8-12H2,1H3,(H2,16,18,20). The third-order valence-corrected chi connectivity index (χ3v) is 3.42. The summed E-state index contributed by atoms with van der Waals surface area (Å²) in [5.74, 6) is 0. The summed E-state index contributed by atoms with van der Waals surface area (Å²) in [5, 5.41) is 5.55. The Hall–Kier alpha value is -1.66. The first-order valence-corrected chi connectivity index (χ1v) is 7.53. The summed E-state index contributed by atoms with van der Waals surface area (Å²) in [7, 11) is 0. The third-order valence-electron chi connectivity index (χ3n) is 3.42. The van der Waals surface area contributed by atoms with Crippen LogP contribution in [0.4, 0.5) is 4.79 Å². The van der Waals surface area contributed by atoms with Gasteiger partial charge in [-0.1, -0.05) is 6.07 Å². The molecule has 0 aromatic carbocycles. The fourth-order valence-electron chi connectivity index (χ4n) is 2.39. The minimum atomic E-state index is -0.112. The molecule has 2 N–H and O–H groups in total. The van der Waals surface area contributed by atoms with E-state index in [2.05, 4.69) is 20.5 Å². The van der Waals surface area contributed by atoms with Crippen LogP contribution in [0, 0.1) is 0 Å². The Labute approximate surface area is 125 Å². The molecule has 1 atom stereocenters. The maximum atomic E-state index is 11.3. The number of morpholine rings is 1. The second kappa shape index (κ2) is 8.59. The lowest BCUT2D eigenvalue weighted by Gasteiger charge is -2.32. The van der Waals surface area contributed by atoms with Crippen LogP contribution in [0.3, 0.4) is 0 Å². The number of urea groups is 1. The number of hydrogen-bond acceptors (Lipinski definition) is 4. The molecule has 0 saturated carbocycles. The molecule has 1 aromatic heterocycles. The normalized spacial score (nSPS) is 19.2. The fraction of sp³-hybridized carbons (Fsp3) is 0.600. The smallest absolute Gasteiger partial charge is 0.314 e. The number of carbonyl (C=O) groups is 1. The maximum absolute atomic E-state index is 11.3. The van der Waals surface area contributed by atoms with Crippen LogP contribution in [-0.4, -0.2) is 54.8 Å². The fourth-order valence-corrected chi connectivity index (χ4v) is 2.39. The highest BCUT2D eigenvalue weighted by Gasteiger charge is 2.20. The van der Waals surface area contributed by atoms with Crippen LogP contribution in [0.15, 0.2) is 24.4 Å². The molecular formula is C15H24N4O2. The van der Waals surface area contributed by atoms with Crippen molar-refractivity contribution in [2.75, 3.05) is 32.8 Å². The van der Waals surface area contributed by atoms with E-state index in [1.165, 1.54) is 0 Å². The molecule has 2 amide bonds. The van der Waals surface area contributed by atoms with Gasteiger partial charge in [0.25, 0.3) is 0 Å². The van der Waals surface area contributed by atoms with Crippen LogP contribution in [0.1, 0.15) is 19.0 Å². The van der Waals surface area contributed by atoms with E-state index in [0.29, 0.717) is 13.1 Å². The number of carbonyl (C=O) groups excluding carboxylic acids is 1. The van der Waals surface area contributed by atoms with Crippen LogP contribution >= 0.6 is 0 Å². The van der Waals surface area contributed by atoms with Crippen LogP contribution in [0.2, 0.25) is 0 Å². The Kier molecular flexibility index (Phi) is 6.43. The van der Waals surface area contributed by atoms with Crippen molar-refractivity contribution in [1.29, 1.82) is 0 Å². The Morgan fingerprint density at radius 2 is 2.38 bits per heavy atom. The van der Waals surface area contributed by atoms with Crippen molar-refractivity contribution < 1.29 is 9.53 Å². The highest BCUT2D eigenvalue weighted by Crippen LogP contribution is 2.11. The lowest BCUT2D eigenvalue weighted by atomic mass is 10.2. The number of ether oxygens (including phenoxy) is 1. The minimum absolute atomic E-state index is 0.112. The van der Waals surface area contributed by atoms with E-state index < -0.39 is 0 Å². The zero-order chi connectivity index (χ0) is 14.9. The van der Waals surface area contributed by atoms with Crippen molar-refractivity contribution >= 4 is 6.03 Å². The predicted octanol–water partition coefficient (Wildman–Crippen LogP) is 0.992. The summed E-state index contributed by atoms with van der Waals surface area (Å²) >= 11 is 0. The molecule has 6 heteroatoms. The number of nitrogens with zero attached hydrogens (tertiary/aromatic N) is 2. The van der Waals surface area contributed by atoms with Gasteiger partial charge in [-0.2, -0.15) is 0 Å². The first-order chi connectivity index (χ1) is 10.3. The second-order valence-corrected chi connectivity index (χ2v) is 5.12.